The van der Waals surface area contributed by atoms with E-state index < -0.39 is 0 Å². The van der Waals surface area contributed by atoms with Crippen LogP contribution in [0.1, 0.15) is 0 Å². The van der Waals surface area contributed by atoms with Gasteiger partial charge in [-0.3, -0.25) is 0 Å². The summed E-state index contributed by atoms with van der Waals surface area (Å²) in [6.07, 6.45) is 0. The van der Waals surface area contributed by atoms with E-state index in [9.17, 15) is 0 Å². The fourth-order valence-electron chi connectivity index (χ4n) is 6.82. The summed E-state index contributed by atoms with van der Waals surface area (Å²) < 4.78 is 6.36. The van der Waals surface area contributed by atoms with Gasteiger partial charge in [-0.05, 0) is 93.2 Å². The molecule has 3 heteroatoms. The van der Waals surface area contributed by atoms with Crippen LogP contribution < -0.4 is 4.90 Å². The Hall–Kier alpha value is -6.71. The van der Waals surface area contributed by atoms with Crippen molar-refractivity contribution in [1.29, 1.82) is 0 Å². The molecule has 0 N–H and O–H groups in total. The molecule has 0 aliphatic rings. The van der Waals surface area contributed by atoms with E-state index >= 15 is 0 Å². The zero-order valence-electron chi connectivity index (χ0n) is 27.3. The number of hydrogen-bond acceptors (Lipinski definition) is 3. The summed E-state index contributed by atoms with van der Waals surface area (Å²) in [5, 5.41) is 2.50. The Morgan fingerprint density at radius 2 is 0.840 bits per heavy atom. The first-order valence-corrected chi connectivity index (χ1v) is 16.9. The number of rotatable bonds is 7. The van der Waals surface area contributed by atoms with Gasteiger partial charge in [0.05, 0.1) is 0 Å². The third-order valence-corrected chi connectivity index (χ3v) is 9.33. The van der Waals surface area contributed by atoms with Crippen molar-refractivity contribution in [2.24, 2.45) is 0 Å². The van der Waals surface area contributed by atoms with Gasteiger partial charge in [-0.1, -0.05) is 140 Å². The van der Waals surface area contributed by atoms with Gasteiger partial charge in [-0.2, -0.15) is 0 Å². The van der Waals surface area contributed by atoms with Crippen LogP contribution in [-0.4, -0.2) is 4.98 Å². The van der Waals surface area contributed by atoms with Crippen LogP contribution in [0.5, 0.6) is 0 Å². The molecule has 3 nitrogen and oxygen atoms in total. The predicted molar refractivity (Wildman–Crippen MR) is 208 cm³/mol. The van der Waals surface area contributed by atoms with Gasteiger partial charge in [-0.15, -0.1) is 0 Å². The number of benzene rings is 8. The Morgan fingerprint density at radius 3 is 1.50 bits per heavy atom. The molecule has 0 amide bonds. The van der Waals surface area contributed by atoms with Crippen molar-refractivity contribution in [2.75, 3.05) is 4.90 Å². The lowest BCUT2D eigenvalue weighted by Gasteiger charge is -2.26. The summed E-state index contributed by atoms with van der Waals surface area (Å²) in [5.41, 5.74) is 12.7. The number of para-hydroxylation sites is 1. The first kappa shape index (κ1) is 29.4. The van der Waals surface area contributed by atoms with Gasteiger partial charge in [0.25, 0.3) is 0 Å². The minimum absolute atomic E-state index is 0.627. The van der Waals surface area contributed by atoms with E-state index in [4.69, 9.17) is 9.40 Å². The van der Waals surface area contributed by atoms with Crippen LogP contribution >= 0.6 is 0 Å². The Balaban J connectivity index is 1.10. The number of fused-ring (bicyclic) bond motifs is 2. The third kappa shape index (κ3) is 5.51. The zero-order valence-corrected chi connectivity index (χ0v) is 27.3. The molecule has 9 aromatic rings. The minimum Gasteiger partial charge on any atom is -0.435 e. The van der Waals surface area contributed by atoms with Gasteiger partial charge in [0.1, 0.15) is 5.52 Å². The van der Waals surface area contributed by atoms with Gasteiger partial charge in [0.2, 0.25) is 5.89 Å². The Morgan fingerprint density at radius 1 is 0.360 bits per heavy atom. The van der Waals surface area contributed by atoms with E-state index in [2.05, 4.69) is 157 Å². The highest BCUT2D eigenvalue weighted by Gasteiger charge is 2.16. The average molecular weight is 641 g/mol. The smallest absolute Gasteiger partial charge is 0.227 e. The van der Waals surface area contributed by atoms with E-state index in [-0.39, 0.29) is 0 Å². The molecule has 0 aliphatic heterocycles. The molecule has 1 heterocycles. The second-order valence-corrected chi connectivity index (χ2v) is 12.4. The van der Waals surface area contributed by atoms with Gasteiger partial charge in [0.15, 0.2) is 5.58 Å². The van der Waals surface area contributed by atoms with Crippen molar-refractivity contribution in [3.63, 3.8) is 0 Å². The van der Waals surface area contributed by atoms with Crippen molar-refractivity contribution >= 4 is 38.9 Å². The monoisotopic (exact) mass is 640 g/mol. The molecule has 9 rings (SSSR count). The van der Waals surface area contributed by atoms with Crippen molar-refractivity contribution in [2.45, 2.75) is 0 Å². The lowest BCUT2D eigenvalue weighted by atomic mass is 9.98. The molecule has 8 aromatic carbocycles. The fourth-order valence-corrected chi connectivity index (χ4v) is 6.82. The molecule has 0 saturated carbocycles. The van der Waals surface area contributed by atoms with Gasteiger partial charge < -0.3 is 9.32 Å². The molecule has 0 fully saturated rings. The van der Waals surface area contributed by atoms with Crippen LogP contribution in [0.4, 0.5) is 17.1 Å². The van der Waals surface area contributed by atoms with Crippen molar-refractivity contribution in [3.05, 3.63) is 194 Å². The second-order valence-electron chi connectivity index (χ2n) is 12.4. The highest BCUT2D eigenvalue weighted by atomic mass is 16.3. The molecule has 0 spiro atoms. The summed E-state index contributed by atoms with van der Waals surface area (Å²) in [4.78, 5) is 7.11. The summed E-state index contributed by atoms with van der Waals surface area (Å²) in [6, 6.07) is 68.2. The molecule has 0 unspecified atom stereocenters. The molecule has 1 aromatic heterocycles. The second kappa shape index (κ2) is 12.7. The van der Waals surface area contributed by atoms with Crippen LogP contribution in [0.15, 0.2) is 199 Å². The van der Waals surface area contributed by atoms with Crippen LogP contribution in [0.2, 0.25) is 0 Å². The van der Waals surface area contributed by atoms with Crippen LogP contribution in [0.3, 0.4) is 0 Å². The number of nitrogens with zero attached hydrogens (tertiary/aromatic N) is 2. The van der Waals surface area contributed by atoms with E-state index in [0.717, 1.165) is 44.9 Å². The highest BCUT2D eigenvalue weighted by molar-refractivity contribution is 5.97. The van der Waals surface area contributed by atoms with E-state index in [1.807, 2.05) is 42.5 Å². The quantitative estimate of drug-likeness (QED) is 0.174. The third-order valence-electron chi connectivity index (χ3n) is 9.33. The van der Waals surface area contributed by atoms with Crippen LogP contribution in [0.25, 0.3) is 66.7 Å². The zero-order chi connectivity index (χ0) is 33.3. The predicted octanol–water partition coefficient (Wildman–Crippen LogP) is 13.1. The molecule has 0 aliphatic carbocycles. The summed E-state index contributed by atoms with van der Waals surface area (Å²) in [7, 11) is 0. The fraction of sp³-hybridized carbons (Fsp3) is 0. The molecule has 50 heavy (non-hydrogen) atoms. The molecular weight excluding hydrogens is 609 g/mol. The van der Waals surface area contributed by atoms with Gasteiger partial charge >= 0.3 is 0 Å². The van der Waals surface area contributed by atoms with Crippen molar-refractivity contribution in [3.8, 4) is 44.8 Å². The van der Waals surface area contributed by atoms with Crippen LogP contribution in [-0.2, 0) is 0 Å². The van der Waals surface area contributed by atoms with Crippen molar-refractivity contribution < 1.29 is 4.42 Å². The maximum absolute atomic E-state index is 6.36. The summed E-state index contributed by atoms with van der Waals surface area (Å²) in [5.74, 6) is 0.627. The largest absolute Gasteiger partial charge is 0.435 e. The van der Waals surface area contributed by atoms with E-state index in [1.165, 1.54) is 33.0 Å². The number of anilines is 3. The van der Waals surface area contributed by atoms with E-state index in [0.29, 0.717) is 5.89 Å². The number of aromatic nitrogens is 1. The first-order chi connectivity index (χ1) is 24.8. The molecular formula is C47H32N2O. The Kier molecular flexibility index (Phi) is 7.49. The van der Waals surface area contributed by atoms with Gasteiger partial charge in [-0.25, -0.2) is 4.98 Å². The SMILES string of the molecule is c1ccc(-c2ccc(N(c3ccc(-c4cccc5ccccc45)cc3)c3ccc(-c4cccc5nc(-c6ccccc6)oc45)cc3)cc2)cc1. The molecule has 0 atom stereocenters. The summed E-state index contributed by atoms with van der Waals surface area (Å²) >= 11 is 0. The summed E-state index contributed by atoms with van der Waals surface area (Å²) in [6.45, 7) is 0. The molecule has 0 saturated heterocycles. The lowest BCUT2D eigenvalue weighted by molar-refractivity contribution is 0.621. The number of oxazole rings is 1. The molecule has 0 radical (unpaired) electrons. The Bertz CT molecular complexity index is 2550. The minimum atomic E-state index is 0.627. The standard InChI is InChI=1S/C47H32N2O/c1-3-11-33(12-4-1)34-21-27-39(28-22-34)49(40-29-23-36(24-30-40)43-18-9-16-35-13-7-8-17-42(35)43)41-31-25-37(26-32-41)44-19-10-20-45-46(44)50-47(48-45)38-14-5-2-6-15-38/h1-32H. The molecule has 0 bridgehead atoms. The normalized spacial score (nSPS) is 11.2. The topological polar surface area (TPSA) is 29.3 Å². The maximum Gasteiger partial charge on any atom is 0.227 e. The highest BCUT2D eigenvalue weighted by Crippen LogP contribution is 2.39. The van der Waals surface area contributed by atoms with Gasteiger partial charge in [0, 0.05) is 28.2 Å². The first-order valence-electron chi connectivity index (χ1n) is 16.9. The average Bonchev–Trinajstić information content (AvgIpc) is 3.65. The molecule has 236 valence electrons. The van der Waals surface area contributed by atoms with Crippen LogP contribution in [0, 0.1) is 0 Å². The van der Waals surface area contributed by atoms with Crippen molar-refractivity contribution in [1.82, 2.24) is 4.98 Å². The van der Waals surface area contributed by atoms with E-state index in [1.54, 1.807) is 0 Å². The lowest BCUT2D eigenvalue weighted by Crippen LogP contribution is -2.09. The Labute approximate surface area is 291 Å². The number of hydrogen-bond donors (Lipinski definition) is 0. The maximum atomic E-state index is 6.36.